The Balaban J connectivity index is 1.43. The Labute approximate surface area is 176 Å². The van der Waals surface area contributed by atoms with E-state index in [1.807, 2.05) is 24.3 Å². The lowest BCUT2D eigenvalue weighted by atomic mass is 9.91. The van der Waals surface area contributed by atoms with Crippen LogP contribution in [-0.4, -0.2) is 50.7 Å². The molecule has 1 aliphatic carbocycles. The average molecular weight is 412 g/mol. The Kier molecular flexibility index (Phi) is 7.88. The highest BCUT2D eigenvalue weighted by Crippen LogP contribution is 2.42. The van der Waals surface area contributed by atoms with Gasteiger partial charge in [0.1, 0.15) is 24.7 Å². The first kappa shape index (κ1) is 21.9. The topological polar surface area (TPSA) is 74.2 Å². The molecule has 2 aromatic carbocycles. The second-order valence-electron chi connectivity index (χ2n) is 7.05. The molecule has 0 bridgehead atoms. The quantitative estimate of drug-likeness (QED) is 0.262. The van der Waals surface area contributed by atoms with Gasteiger partial charge in [-0.3, -0.25) is 0 Å². The summed E-state index contributed by atoms with van der Waals surface area (Å²) in [6.45, 7) is 7.30. The summed E-state index contributed by atoms with van der Waals surface area (Å²) in [5, 5.41) is 12.4. The summed E-state index contributed by atoms with van der Waals surface area (Å²) < 4.78 is 22.0. The van der Waals surface area contributed by atoms with Gasteiger partial charge in [0.25, 0.3) is 0 Å². The number of carbonyl (C=O) groups excluding carboxylic acids is 1. The van der Waals surface area contributed by atoms with E-state index in [1.165, 1.54) is 0 Å². The van der Waals surface area contributed by atoms with Gasteiger partial charge in [-0.2, -0.15) is 0 Å². The number of ether oxygens (including phenoxy) is 4. The summed E-state index contributed by atoms with van der Waals surface area (Å²) >= 11 is 0. The van der Waals surface area contributed by atoms with Gasteiger partial charge < -0.3 is 24.1 Å². The number of hydrogen-bond acceptors (Lipinski definition) is 6. The van der Waals surface area contributed by atoms with Crippen LogP contribution in [0.5, 0.6) is 11.5 Å². The molecule has 0 aromatic heterocycles. The van der Waals surface area contributed by atoms with E-state index in [9.17, 15) is 9.90 Å². The predicted molar refractivity (Wildman–Crippen MR) is 115 cm³/mol. The zero-order valence-corrected chi connectivity index (χ0v) is 17.3. The second kappa shape index (κ2) is 10.8. The molecule has 6 nitrogen and oxygen atoms in total. The van der Waals surface area contributed by atoms with Crippen molar-refractivity contribution in [2.24, 2.45) is 0 Å². The van der Waals surface area contributed by atoms with E-state index in [1.54, 1.807) is 6.92 Å². The van der Waals surface area contributed by atoms with E-state index in [2.05, 4.69) is 18.7 Å². The molecule has 0 heterocycles. The predicted octanol–water partition coefficient (Wildman–Crippen LogP) is 3.73. The highest BCUT2D eigenvalue weighted by Gasteiger charge is 2.20. The smallest absolute Gasteiger partial charge is 0.333 e. The van der Waals surface area contributed by atoms with Crippen molar-refractivity contribution in [1.29, 1.82) is 0 Å². The third kappa shape index (κ3) is 5.40. The molecule has 6 heteroatoms. The van der Waals surface area contributed by atoms with E-state index in [0.29, 0.717) is 50.8 Å². The maximum absolute atomic E-state index is 11.2. The zero-order chi connectivity index (χ0) is 21.3. The number of rotatable bonds is 11. The van der Waals surface area contributed by atoms with Gasteiger partial charge in [0.2, 0.25) is 0 Å². The van der Waals surface area contributed by atoms with E-state index in [-0.39, 0.29) is 6.61 Å². The van der Waals surface area contributed by atoms with Crippen LogP contribution in [0, 0.1) is 0 Å². The van der Waals surface area contributed by atoms with Crippen molar-refractivity contribution in [2.45, 2.75) is 19.8 Å². The van der Waals surface area contributed by atoms with Crippen LogP contribution in [0.1, 0.15) is 18.1 Å². The fraction of sp³-hybridized carbons (Fsp3) is 0.375. The highest BCUT2D eigenvalue weighted by molar-refractivity contribution is 5.96. The third-order valence-electron chi connectivity index (χ3n) is 4.82. The number of esters is 1. The molecule has 0 saturated heterocycles. The molecule has 30 heavy (non-hydrogen) atoms. The normalized spacial score (nSPS) is 12.6. The van der Waals surface area contributed by atoms with E-state index < -0.39 is 5.97 Å². The van der Waals surface area contributed by atoms with Crippen LogP contribution in [0.25, 0.3) is 10.8 Å². The highest BCUT2D eigenvalue weighted by atomic mass is 16.6. The Hall–Kier alpha value is -2.83. The lowest BCUT2D eigenvalue weighted by Gasteiger charge is -2.21. The molecule has 2 aromatic rings. The number of aromatic hydroxyl groups is 1. The summed E-state index contributed by atoms with van der Waals surface area (Å²) in [7, 11) is 0. The van der Waals surface area contributed by atoms with Gasteiger partial charge in [-0.25, -0.2) is 4.79 Å². The molecule has 0 unspecified atom stereocenters. The minimum atomic E-state index is -0.411. The molecular formula is C24H28O6. The fourth-order valence-electron chi connectivity index (χ4n) is 3.34. The molecule has 0 radical (unpaired) electrons. The van der Waals surface area contributed by atoms with Crippen molar-refractivity contribution in [1.82, 2.24) is 0 Å². The lowest BCUT2D eigenvalue weighted by Crippen LogP contribution is -2.15. The molecule has 1 aliphatic rings. The van der Waals surface area contributed by atoms with Crippen LogP contribution in [0.2, 0.25) is 0 Å². The van der Waals surface area contributed by atoms with E-state index in [4.69, 9.17) is 18.9 Å². The first-order valence-electron chi connectivity index (χ1n) is 10.1. The number of allylic oxidation sites excluding steroid dienone is 2. The van der Waals surface area contributed by atoms with Crippen molar-refractivity contribution < 1.29 is 28.8 Å². The zero-order valence-electron chi connectivity index (χ0n) is 17.3. The summed E-state index contributed by atoms with van der Waals surface area (Å²) in [5.74, 6) is 0.757. The number of phenolic OH excluding ortho intramolecular Hbond substituents is 1. The summed E-state index contributed by atoms with van der Waals surface area (Å²) in [6.07, 6.45) is 5.62. The molecule has 0 atom stereocenters. The Morgan fingerprint density at radius 1 is 0.933 bits per heavy atom. The molecule has 3 rings (SSSR count). The molecule has 0 fully saturated rings. The van der Waals surface area contributed by atoms with E-state index in [0.717, 1.165) is 34.1 Å². The maximum atomic E-state index is 11.2. The molecule has 160 valence electrons. The van der Waals surface area contributed by atoms with E-state index >= 15 is 0 Å². The minimum Gasteiger partial charge on any atom is -0.507 e. The SMILES string of the molecule is C=C(C)C(=O)OCCOCCOCCOc1c2c(c(O)c3ccccc13)CC=CC2. The number of fused-ring (bicyclic) bond motifs is 2. The van der Waals surface area contributed by atoms with Crippen LogP contribution in [-0.2, 0) is 31.8 Å². The lowest BCUT2D eigenvalue weighted by molar-refractivity contribution is -0.140. The molecular weight excluding hydrogens is 384 g/mol. The summed E-state index contributed by atoms with van der Waals surface area (Å²) in [6, 6.07) is 7.75. The second-order valence-corrected chi connectivity index (χ2v) is 7.05. The fourth-order valence-corrected chi connectivity index (χ4v) is 3.34. The van der Waals surface area contributed by atoms with Crippen molar-refractivity contribution in [3.8, 4) is 11.5 Å². The molecule has 1 N–H and O–H groups in total. The Morgan fingerprint density at radius 3 is 2.23 bits per heavy atom. The minimum absolute atomic E-state index is 0.197. The van der Waals surface area contributed by atoms with Crippen LogP contribution < -0.4 is 4.74 Å². The number of benzene rings is 2. The molecule has 0 amide bonds. The monoisotopic (exact) mass is 412 g/mol. The third-order valence-corrected chi connectivity index (χ3v) is 4.82. The van der Waals surface area contributed by atoms with Crippen LogP contribution in [0.4, 0.5) is 0 Å². The van der Waals surface area contributed by atoms with Crippen LogP contribution >= 0.6 is 0 Å². The van der Waals surface area contributed by atoms with Crippen molar-refractivity contribution in [3.63, 3.8) is 0 Å². The van der Waals surface area contributed by atoms with Crippen molar-refractivity contribution >= 4 is 16.7 Å². The van der Waals surface area contributed by atoms with Gasteiger partial charge >= 0.3 is 5.97 Å². The van der Waals surface area contributed by atoms with Crippen LogP contribution in [0.3, 0.4) is 0 Å². The Morgan fingerprint density at radius 2 is 1.53 bits per heavy atom. The van der Waals surface area contributed by atoms with Crippen LogP contribution in [0.15, 0.2) is 48.6 Å². The van der Waals surface area contributed by atoms with Gasteiger partial charge in [-0.05, 0) is 19.8 Å². The van der Waals surface area contributed by atoms with Gasteiger partial charge in [-0.1, -0.05) is 43.0 Å². The van der Waals surface area contributed by atoms with Gasteiger partial charge in [0, 0.05) is 27.5 Å². The van der Waals surface area contributed by atoms with Gasteiger partial charge in [0.05, 0.1) is 26.4 Å². The molecule has 0 spiro atoms. The first-order chi connectivity index (χ1) is 14.6. The first-order valence-corrected chi connectivity index (χ1v) is 10.1. The maximum Gasteiger partial charge on any atom is 0.333 e. The number of phenols is 1. The van der Waals surface area contributed by atoms with Gasteiger partial charge in [-0.15, -0.1) is 0 Å². The van der Waals surface area contributed by atoms with Crippen molar-refractivity contribution in [3.05, 3.63) is 59.7 Å². The summed E-state index contributed by atoms with van der Waals surface area (Å²) in [5.41, 5.74) is 2.35. The van der Waals surface area contributed by atoms with Gasteiger partial charge in [0.15, 0.2) is 0 Å². The Bertz CT molecular complexity index is 931. The summed E-state index contributed by atoms with van der Waals surface area (Å²) in [4.78, 5) is 11.2. The standard InChI is InChI=1S/C24H28O6/c1-17(2)24(26)30-16-14-28-12-11-27-13-15-29-23-20-9-5-3-7-18(20)22(25)19-8-4-6-10-21(19)23/h3-7,9,25H,1,8,10-16H2,2H3. The van der Waals surface area contributed by atoms with Crippen molar-refractivity contribution in [2.75, 3.05) is 39.6 Å². The largest absolute Gasteiger partial charge is 0.507 e. The average Bonchev–Trinajstić information content (AvgIpc) is 2.76. The number of hydrogen-bond donors (Lipinski definition) is 1. The number of carbonyl (C=O) groups is 1. The molecule has 0 aliphatic heterocycles. The molecule has 0 saturated carbocycles.